The molecule has 0 saturated carbocycles. The van der Waals surface area contributed by atoms with Crippen LogP contribution in [0, 0.1) is 16.0 Å². The van der Waals surface area contributed by atoms with Crippen molar-refractivity contribution in [2.75, 3.05) is 17.1 Å². The molecule has 3 atom stereocenters. The van der Waals surface area contributed by atoms with Crippen molar-refractivity contribution in [3.63, 3.8) is 0 Å². The Kier molecular flexibility index (Phi) is 5.84. The number of amides is 2. The van der Waals surface area contributed by atoms with E-state index in [1.54, 1.807) is 42.5 Å². The van der Waals surface area contributed by atoms with Crippen molar-refractivity contribution in [3.05, 3.63) is 92.5 Å². The predicted molar refractivity (Wildman–Crippen MR) is 129 cm³/mol. The van der Waals surface area contributed by atoms with E-state index < -0.39 is 34.8 Å². The van der Waals surface area contributed by atoms with Gasteiger partial charge in [0.25, 0.3) is 11.6 Å². The zero-order valence-electron chi connectivity index (χ0n) is 18.1. The van der Waals surface area contributed by atoms with Crippen LogP contribution in [0.25, 0.3) is 0 Å². The number of ether oxygens (including phenoxy) is 1. The summed E-state index contributed by atoms with van der Waals surface area (Å²) in [7, 11) is 1.45. The summed E-state index contributed by atoms with van der Waals surface area (Å²) in [6.07, 6.45) is -1.18. The minimum Gasteiger partial charge on any atom is -0.495 e. The average molecular weight is 514 g/mol. The third kappa shape index (κ3) is 3.78. The molecule has 0 N–H and O–H groups in total. The number of carbonyl (C=O) groups excluding carboxylic acids is 2. The Morgan fingerprint density at radius 3 is 2.49 bits per heavy atom. The van der Waals surface area contributed by atoms with Gasteiger partial charge in [0.1, 0.15) is 11.7 Å². The summed E-state index contributed by atoms with van der Waals surface area (Å²) in [4.78, 5) is 45.1. The SMILES string of the molecule is COc1ccccc1N1C(=O)[C@@H]2[C@@H](c3ccc(Cl)cc3Cl)N(c3cccc([N+](=O)[O-])c3)O[C@H]2C1=O. The highest BCUT2D eigenvalue weighted by molar-refractivity contribution is 6.35. The molecule has 9 nitrogen and oxygen atoms in total. The quantitative estimate of drug-likeness (QED) is 0.269. The topological polar surface area (TPSA) is 102 Å². The first-order chi connectivity index (χ1) is 16.8. The Morgan fingerprint density at radius 2 is 1.77 bits per heavy atom. The van der Waals surface area contributed by atoms with Crippen LogP contribution in [0.3, 0.4) is 0 Å². The van der Waals surface area contributed by atoms with Crippen LogP contribution in [0.1, 0.15) is 11.6 Å². The number of nitro groups is 1. The molecule has 2 amide bonds. The maximum absolute atomic E-state index is 13.7. The highest BCUT2D eigenvalue weighted by Gasteiger charge is 2.61. The number of fused-ring (bicyclic) bond motifs is 1. The molecule has 0 spiro atoms. The number of non-ortho nitro benzene ring substituents is 1. The molecular weight excluding hydrogens is 497 g/mol. The van der Waals surface area contributed by atoms with E-state index in [9.17, 15) is 19.7 Å². The number of hydrogen-bond acceptors (Lipinski definition) is 7. The summed E-state index contributed by atoms with van der Waals surface area (Å²) in [6.45, 7) is 0. The Morgan fingerprint density at radius 1 is 1.00 bits per heavy atom. The lowest BCUT2D eigenvalue weighted by Gasteiger charge is -2.29. The van der Waals surface area contributed by atoms with Crippen LogP contribution < -0.4 is 14.7 Å². The number of rotatable bonds is 5. The van der Waals surface area contributed by atoms with Gasteiger partial charge in [0.05, 0.1) is 29.4 Å². The number of benzene rings is 3. The molecule has 2 aliphatic rings. The number of anilines is 2. The third-order valence-corrected chi connectivity index (χ3v) is 6.58. The molecule has 3 aromatic rings. The maximum Gasteiger partial charge on any atom is 0.271 e. The van der Waals surface area contributed by atoms with Crippen molar-refractivity contribution in [2.45, 2.75) is 12.1 Å². The second-order valence-corrected chi connectivity index (χ2v) is 8.79. The molecule has 11 heteroatoms. The second-order valence-electron chi connectivity index (χ2n) is 7.95. The summed E-state index contributed by atoms with van der Waals surface area (Å²) in [5.74, 6) is -1.71. The minimum atomic E-state index is -1.18. The number of imide groups is 1. The van der Waals surface area contributed by atoms with Gasteiger partial charge in [0.15, 0.2) is 6.10 Å². The predicted octanol–water partition coefficient (Wildman–Crippen LogP) is 4.96. The Labute approximate surface area is 209 Å². The van der Waals surface area contributed by atoms with Crippen LogP contribution in [0.2, 0.25) is 10.0 Å². The fourth-order valence-electron chi connectivity index (χ4n) is 4.49. The first kappa shape index (κ1) is 23.1. The lowest BCUT2D eigenvalue weighted by Crippen LogP contribution is -2.37. The number of methoxy groups -OCH3 is 1. The molecular formula is C24H17Cl2N3O6. The zero-order chi connectivity index (χ0) is 24.9. The summed E-state index contributed by atoms with van der Waals surface area (Å²) >= 11 is 12.6. The van der Waals surface area contributed by atoms with Crippen molar-refractivity contribution in [1.82, 2.24) is 0 Å². The number of halogens is 2. The molecule has 35 heavy (non-hydrogen) atoms. The highest BCUT2D eigenvalue weighted by Crippen LogP contribution is 2.50. The fraction of sp³-hybridized carbons (Fsp3) is 0.167. The van der Waals surface area contributed by atoms with Gasteiger partial charge >= 0.3 is 0 Å². The van der Waals surface area contributed by atoms with E-state index in [4.69, 9.17) is 32.8 Å². The van der Waals surface area contributed by atoms with Gasteiger partial charge in [-0.3, -0.25) is 24.5 Å². The van der Waals surface area contributed by atoms with E-state index in [0.717, 1.165) is 4.90 Å². The van der Waals surface area contributed by atoms with Gasteiger partial charge in [0, 0.05) is 22.2 Å². The minimum absolute atomic E-state index is 0.169. The molecule has 0 radical (unpaired) electrons. The fourth-order valence-corrected chi connectivity index (χ4v) is 5.01. The molecule has 5 rings (SSSR count). The normalized spacial score (nSPS) is 21.4. The Bertz CT molecular complexity index is 1370. The van der Waals surface area contributed by atoms with Gasteiger partial charge < -0.3 is 4.74 Å². The number of para-hydroxylation sites is 2. The van der Waals surface area contributed by atoms with Gasteiger partial charge in [-0.25, -0.2) is 9.96 Å². The third-order valence-electron chi connectivity index (χ3n) is 6.02. The largest absolute Gasteiger partial charge is 0.495 e. The number of carbonyl (C=O) groups is 2. The second kappa shape index (κ2) is 8.84. The smallest absolute Gasteiger partial charge is 0.271 e. The van der Waals surface area contributed by atoms with Crippen LogP contribution in [0.5, 0.6) is 5.75 Å². The van der Waals surface area contributed by atoms with Gasteiger partial charge in [-0.05, 0) is 35.9 Å². The number of nitro benzene ring substituents is 1. The number of nitrogens with zero attached hydrogens (tertiary/aromatic N) is 3. The van der Waals surface area contributed by atoms with Gasteiger partial charge in [-0.15, -0.1) is 0 Å². The highest BCUT2D eigenvalue weighted by atomic mass is 35.5. The molecule has 2 heterocycles. The lowest BCUT2D eigenvalue weighted by molar-refractivity contribution is -0.384. The maximum atomic E-state index is 13.7. The number of hydroxylamine groups is 1. The lowest BCUT2D eigenvalue weighted by atomic mass is 9.90. The van der Waals surface area contributed by atoms with E-state index in [1.807, 2.05) is 0 Å². The summed E-state index contributed by atoms with van der Waals surface area (Å²) in [6, 6.07) is 16.3. The van der Waals surface area contributed by atoms with Crippen LogP contribution >= 0.6 is 23.2 Å². The molecule has 3 aromatic carbocycles. The van der Waals surface area contributed by atoms with Crippen molar-refractivity contribution in [3.8, 4) is 5.75 Å². The van der Waals surface area contributed by atoms with Crippen LogP contribution in [-0.4, -0.2) is 30.0 Å². The Hall–Kier alpha value is -3.66. The van der Waals surface area contributed by atoms with E-state index in [0.29, 0.717) is 27.7 Å². The van der Waals surface area contributed by atoms with Crippen LogP contribution in [0.15, 0.2) is 66.7 Å². The van der Waals surface area contributed by atoms with Gasteiger partial charge in [-0.2, -0.15) is 0 Å². The van der Waals surface area contributed by atoms with Crippen molar-refractivity contribution in [2.24, 2.45) is 5.92 Å². The summed E-state index contributed by atoms with van der Waals surface area (Å²) < 4.78 is 5.35. The van der Waals surface area contributed by atoms with Gasteiger partial charge in [-0.1, -0.05) is 47.5 Å². The first-order valence-electron chi connectivity index (χ1n) is 10.5. The zero-order valence-corrected chi connectivity index (χ0v) is 19.6. The monoisotopic (exact) mass is 513 g/mol. The van der Waals surface area contributed by atoms with E-state index in [-0.39, 0.29) is 10.7 Å². The first-order valence-corrected chi connectivity index (χ1v) is 11.2. The van der Waals surface area contributed by atoms with E-state index in [1.165, 1.54) is 36.4 Å². The average Bonchev–Trinajstić information content (AvgIpc) is 3.35. The Balaban J connectivity index is 1.63. The summed E-state index contributed by atoms with van der Waals surface area (Å²) in [5.41, 5.74) is 0.912. The van der Waals surface area contributed by atoms with E-state index >= 15 is 0 Å². The van der Waals surface area contributed by atoms with Crippen molar-refractivity contribution in [1.29, 1.82) is 0 Å². The molecule has 2 aliphatic heterocycles. The van der Waals surface area contributed by atoms with Gasteiger partial charge in [0.2, 0.25) is 5.91 Å². The standard InChI is InChI=1S/C24H17Cl2N3O6/c1-34-19-8-3-2-7-18(19)27-23(30)20-21(16-10-9-13(25)11-17(16)26)28(35-22(20)24(27)31)14-5-4-6-15(12-14)29(32)33/h2-12,20-22H,1H3/t20-,21-,22-/m1/s1. The van der Waals surface area contributed by atoms with Crippen molar-refractivity contribution < 1.29 is 24.1 Å². The number of hydrogen-bond donors (Lipinski definition) is 0. The molecule has 178 valence electrons. The van der Waals surface area contributed by atoms with Crippen LogP contribution in [0.4, 0.5) is 17.1 Å². The molecule has 2 fully saturated rings. The van der Waals surface area contributed by atoms with Crippen LogP contribution in [-0.2, 0) is 14.4 Å². The molecule has 0 aromatic heterocycles. The van der Waals surface area contributed by atoms with Crippen molar-refractivity contribution >= 4 is 52.1 Å². The molecule has 0 aliphatic carbocycles. The molecule has 2 saturated heterocycles. The molecule has 0 unspecified atom stereocenters. The van der Waals surface area contributed by atoms with E-state index in [2.05, 4.69) is 0 Å². The summed E-state index contributed by atoms with van der Waals surface area (Å²) in [5, 5.41) is 13.3. The molecule has 0 bridgehead atoms.